The van der Waals surface area contributed by atoms with Crippen LogP contribution in [0.5, 0.6) is 5.75 Å². The van der Waals surface area contributed by atoms with Gasteiger partial charge in [-0.15, -0.1) is 0 Å². The summed E-state index contributed by atoms with van der Waals surface area (Å²) in [4.78, 5) is 24.7. The Bertz CT molecular complexity index is 914. The third-order valence-electron chi connectivity index (χ3n) is 5.08. The van der Waals surface area contributed by atoms with Crippen LogP contribution in [0.2, 0.25) is 0 Å². The van der Waals surface area contributed by atoms with Gasteiger partial charge in [-0.2, -0.15) is 0 Å². The number of ketones is 1. The maximum Gasteiger partial charge on any atom is 0.325 e. The van der Waals surface area contributed by atoms with Gasteiger partial charge in [0, 0.05) is 11.1 Å². The molecular formula is C22H25NO8. The van der Waals surface area contributed by atoms with Crippen molar-refractivity contribution in [1.29, 1.82) is 0 Å². The molecule has 0 bridgehead atoms. The number of aliphatic hydroxyl groups is 4. The van der Waals surface area contributed by atoms with Gasteiger partial charge in [0.2, 0.25) is 0 Å². The van der Waals surface area contributed by atoms with Gasteiger partial charge in [-0.3, -0.25) is 14.9 Å². The molecule has 31 heavy (non-hydrogen) atoms. The zero-order valence-electron chi connectivity index (χ0n) is 16.8. The van der Waals surface area contributed by atoms with Crippen LogP contribution in [0.1, 0.15) is 21.5 Å². The summed E-state index contributed by atoms with van der Waals surface area (Å²) in [5.74, 6) is -0.614. The molecule has 0 radical (unpaired) electrons. The molecule has 0 unspecified atom stereocenters. The van der Waals surface area contributed by atoms with Gasteiger partial charge in [-0.25, -0.2) is 0 Å². The van der Waals surface area contributed by atoms with E-state index in [1.807, 2.05) is 19.1 Å². The van der Waals surface area contributed by atoms with Crippen LogP contribution >= 0.6 is 0 Å². The highest BCUT2D eigenvalue weighted by atomic mass is 16.6. The van der Waals surface area contributed by atoms with Crippen molar-refractivity contribution >= 4 is 11.8 Å². The molecule has 3 rings (SSSR count). The van der Waals surface area contributed by atoms with Crippen LogP contribution in [-0.4, -0.2) is 76.0 Å². The molecule has 1 saturated heterocycles. The quantitative estimate of drug-likeness (QED) is 0.223. The number of aliphatic hydroxyl groups excluding tert-OH is 4. The molecule has 1 fully saturated rings. The normalized spacial score (nSPS) is 25.8. The third-order valence-corrected chi connectivity index (χ3v) is 5.08. The van der Waals surface area contributed by atoms with Gasteiger partial charge < -0.3 is 29.9 Å². The first-order valence-electron chi connectivity index (χ1n) is 9.76. The topological polar surface area (TPSA) is 146 Å². The van der Waals surface area contributed by atoms with E-state index in [0.717, 1.165) is 5.56 Å². The molecule has 9 heteroatoms. The number of hydrogen-bond donors (Lipinski definition) is 5. The van der Waals surface area contributed by atoms with Gasteiger partial charge in [0.05, 0.1) is 13.2 Å². The molecule has 1 aliphatic rings. The summed E-state index contributed by atoms with van der Waals surface area (Å²) in [6.45, 7) is 0.916. The van der Waals surface area contributed by atoms with E-state index in [2.05, 4.69) is 5.32 Å². The first-order chi connectivity index (χ1) is 14.8. The molecular weight excluding hydrogens is 406 g/mol. The van der Waals surface area contributed by atoms with E-state index in [9.17, 15) is 30.0 Å². The first-order valence-corrected chi connectivity index (χ1v) is 9.76. The smallest absolute Gasteiger partial charge is 0.325 e. The lowest BCUT2D eigenvalue weighted by Crippen LogP contribution is -2.62. The third kappa shape index (κ3) is 5.34. The zero-order valence-corrected chi connectivity index (χ0v) is 16.8. The number of nitrogens with one attached hydrogen (secondary N) is 1. The summed E-state index contributed by atoms with van der Waals surface area (Å²) in [5, 5.41) is 41.2. The van der Waals surface area contributed by atoms with Gasteiger partial charge in [0.1, 0.15) is 36.4 Å². The van der Waals surface area contributed by atoms with Gasteiger partial charge in [-0.05, 0) is 36.8 Å². The van der Waals surface area contributed by atoms with Crippen LogP contribution in [0.3, 0.4) is 0 Å². The average Bonchev–Trinajstić information content (AvgIpc) is 2.77. The lowest BCUT2D eigenvalue weighted by atomic mass is 9.98. The lowest BCUT2D eigenvalue weighted by Gasteiger charge is -2.40. The van der Waals surface area contributed by atoms with Crippen molar-refractivity contribution in [3.05, 3.63) is 65.2 Å². The monoisotopic (exact) mass is 431 g/mol. The summed E-state index contributed by atoms with van der Waals surface area (Å²) in [7, 11) is 0. The molecule has 1 aliphatic heterocycles. The standard InChI is InChI=1S/C22H25NO8/c1-12-4-2-3-5-15(12)18(26)13-6-8-14(9-7-13)30-17(25)10-23-22-21(29)20(28)19(27)16(11-24)31-22/h2-9,16,19-24,27-29H,10-11H2,1H3/t16-,19-,20+,21-,22-/m1/s1. The second-order valence-corrected chi connectivity index (χ2v) is 7.27. The number of benzene rings is 2. The Labute approximate surface area is 178 Å². The van der Waals surface area contributed by atoms with Gasteiger partial charge in [0.15, 0.2) is 5.78 Å². The Kier molecular flexibility index (Phi) is 7.50. The average molecular weight is 431 g/mol. The van der Waals surface area contributed by atoms with E-state index >= 15 is 0 Å². The highest BCUT2D eigenvalue weighted by molar-refractivity contribution is 6.09. The van der Waals surface area contributed by atoms with Crippen LogP contribution in [-0.2, 0) is 9.53 Å². The fourth-order valence-corrected chi connectivity index (χ4v) is 3.28. The van der Waals surface area contributed by atoms with Crippen LogP contribution in [0, 0.1) is 6.92 Å². The number of rotatable bonds is 7. The Morgan fingerprint density at radius 3 is 2.32 bits per heavy atom. The molecule has 0 spiro atoms. The van der Waals surface area contributed by atoms with E-state index in [4.69, 9.17) is 9.47 Å². The number of carbonyl (C=O) groups is 2. The fourth-order valence-electron chi connectivity index (χ4n) is 3.28. The van der Waals surface area contributed by atoms with Gasteiger partial charge in [0.25, 0.3) is 0 Å². The van der Waals surface area contributed by atoms with Crippen molar-refractivity contribution in [3.8, 4) is 5.75 Å². The maximum absolute atomic E-state index is 12.6. The minimum Gasteiger partial charge on any atom is -0.426 e. The molecule has 5 N–H and O–H groups in total. The Balaban J connectivity index is 1.55. The predicted octanol–water partition coefficient (Wildman–Crippen LogP) is -0.479. The summed E-state index contributed by atoms with van der Waals surface area (Å²) in [5.41, 5.74) is 1.91. The minimum atomic E-state index is -1.54. The van der Waals surface area contributed by atoms with E-state index in [-0.39, 0.29) is 18.1 Å². The summed E-state index contributed by atoms with van der Waals surface area (Å²) >= 11 is 0. The molecule has 2 aromatic carbocycles. The number of hydrogen-bond acceptors (Lipinski definition) is 9. The Morgan fingerprint density at radius 2 is 1.68 bits per heavy atom. The van der Waals surface area contributed by atoms with E-state index < -0.39 is 43.2 Å². The van der Waals surface area contributed by atoms with Crippen molar-refractivity contribution in [3.63, 3.8) is 0 Å². The number of ether oxygens (including phenoxy) is 2. The molecule has 0 amide bonds. The van der Waals surface area contributed by atoms with E-state index in [0.29, 0.717) is 11.1 Å². The van der Waals surface area contributed by atoms with Gasteiger partial charge in [-0.1, -0.05) is 24.3 Å². The second-order valence-electron chi connectivity index (χ2n) is 7.27. The summed E-state index contributed by atoms with van der Waals surface area (Å²) in [6.07, 6.45) is -6.79. The van der Waals surface area contributed by atoms with Crippen molar-refractivity contribution in [2.45, 2.75) is 37.6 Å². The maximum atomic E-state index is 12.6. The van der Waals surface area contributed by atoms with E-state index in [1.54, 1.807) is 24.3 Å². The number of esters is 1. The Hall–Kier alpha value is -2.66. The SMILES string of the molecule is Cc1ccccc1C(=O)c1ccc(OC(=O)CN[C@@H]2O[C@H](CO)[C@@H](O)[C@H](O)[C@H]2O)cc1. The van der Waals surface area contributed by atoms with Crippen molar-refractivity contribution < 1.29 is 39.5 Å². The Morgan fingerprint density at radius 1 is 1.00 bits per heavy atom. The number of carbonyl (C=O) groups excluding carboxylic acids is 2. The van der Waals surface area contributed by atoms with Crippen LogP contribution in [0.4, 0.5) is 0 Å². The lowest BCUT2D eigenvalue weighted by molar-refractivity contribution is -0.236. The highest BCUT2D eigenvalue weighted by Gasteiger charge is 2.43. The van der Waals surface area contributed by atoms with E-state index in [1.165, 1.54) is 12.1 Å². The second kappa shape index (κ2) is 10.1. The van der Waals surface area contributed by atoms with Crippen molar-refractivity contribution in [2.24, 2.45) is 0 Å². The largest absolute Gasteiger partial charge is 0.426 e. The summed E-state index contributed by atoms with van der Waals surface area (Å²) < 4.78 is 10.5. The van der Waals surface area contributed by atoms with Crippen LogP contribution in [0.25, 0.3) is 0 Å². The number of aryl methyl sites for hydroxylation is 1. The molecule has 5 atom stereocenters. The fraction of sp³-hybridized carbons (Fsp3) is 0.364. The van der Waals surface area contributed by atoms with Crippen LogP contribution < -0.4 is 10.1 Å². The zero-order chi connectivity index (χ0) is 22.5. The molecule has 0 saturated carbocycles. The van der Waals surface area contributed by atoms with Gasteiger partial charge >= 0.3 is 5.97 Å². The molecule has 9 nitrogen and oxygen atoms in total. The molecule has 0 aromatic heterocycles. The molecule has 2 aromatic rings. The molecule has 0 aliphatic carbocycles. The summed E-state index contributed by atoms with van der Waals surface area (Å²) in [6, 6.07) is 13.4. The first kappa shape index (κ1) is 23.0. The predicted molar refractivity (Wildman–Crippen MR) is 108 cm³/mol. The van der Waals surface area contributed by atoms with Crippen LogP contribution in [0.15, 0.2) is 48.5 Å². The molecule has 166 valence electrons. The minimum absolute atomic E-state index is 0.139. The highest BCUT2D eigenvalue weighted by Crippen LogP contribution is 2.20. The molecule has 1 heterocycles. The van der Waals surface area contributed by atoms with Crippen molar-refractivity contribution in [1.82, 2.24) is 5.32 Å². The van der Waals surface area contributed by atoms with Crippen molar-refractivity contribution in [2.75, 3.05) is 13.2 Å².